The van der Waals surface area contributed by atoms with Crippen molar-refractivity contribution in [2.45, 2.75) is 31.9 Å². The first kappa shape index (κ1) is 18.4. The van der Waals surface area contributed by atoms with Crippen molar-refractivity contribution >= 4 is 52.0 Å². The molecule has 8 nitrogen and oxygen atoms in total. The van der Waals surface area contributed by atoms with E-state index in [2.05, 4.69) is 42.9 Å². The zero-order valence-electron chi connectivity index (χ0n) is 14.9. The SMILES string of the molecule is CC(Oc1ncnc(NC2CC2)c1I)c1cc2cc(B(O)O)n(C)c2cn1. The van der Waals surface area contributed by atoms with Crippen LogP contribution in [0.25, 0.3) is 10.9 Å². The van der Waals surface area contributed by atoms with Crippen LogP contribution in [-0.2, 0) is 7.05 Å². The van der Waals surface area contributed by atoms with Crippen LogP contribution in [0.1, 0.15) is 31.6 Å². The smallest absolute Gasteiger partial charge is 0.467 e. The van der Waals surface area contributed by atoms with Crippen molar-refractivity contribution in [2.24, 2.45) is 7.05 Å². The molecular weight excluding hydrogens is 460 g/mol. The minimum absolute atomic E-state index is 0.325. The van der Waals surface area contributed by atoms with Gasteiger partial charge in [-0.1, -0.05) is 0 Å². The maximum absolute atomic E-state index is 9.47. The number of halogens is 1. The third-order valence-corrected chi connectivity index (χ3v) is 5.60. The van der Waals surface area contributed by atoms with E-state index in [0.29, 0.717) is 17.5 Å². The van der Waals surface area contributed by atoms with Crippen molar-refractivity contribution in [2.75, 3.05) is 5.32 Å². The largest absolute Gasteiger partial charge is 0.505 e. The van der Waals surface area contributed by atoms with Crippen molar-refractivity contribution in [1.82, 2.24) is 19.5 Å². The number of ether oxygens (including phenoxy) is 1. The normalized spacial score (nSPS) is 15.0. The molecule has 0 spiro atoms. The molecule has 0 saturated heterocycles. The fourth-order valence-electron chi connectivity index (χ4n) is 2.93. The van der Waals surface area contributed by atoms with Crippen molar-refractivity contribution in [3.05, 3.63) is 33.9 Å². The van der Waals surface area contributed by atoms with Crippen molar-refractivity contribution in [1.29, 1.82) is 0 Å². The topological polar surface area (TPSA) is 105 Å². The summed E-state index contributed by atoms with van der Waals surface area (Å²) in [6, 6.07) is 4.13. The van der Waals surface area contributed by atoms with Gasteiger partial charge in [-0.25, -0.2) is 9.97 Å². The first-order chi connectivity index (χ1) is 12.9. The molecule has 0 aliphatic heterocycles. The van der Waals surface area contributed by atoms with Crippen LogP contribution in [0.3, 0.4) is 0 Å². The maximum Gasteiger partial charge on any atom is 0.505 e. The Labute approximate surface area is 170 Å². The summed E-state index contributed by atoms with van der Waals surface area (Å²) in [4.78, 5) is 13.0. The van der Waals surface area contributed by atoms with Gasteiger partial charge in [0.1, 0.15) is 21.8 Å². The van der Waals surface area contributed by atoms with E-state index in [1.54, 1.807) is 23.9 Å². The molecule has 1 aliphatic rings. The number of hydrogen-bond acceptors (Lipinski definition) is 7. The zero-order valence-corrected chi connectivity index (χ0v) is 17.1. The van der Waals surface area contributed by atoms with Gasteiger partial charge in [0.2, 0.25) is 5.88 Å². The number of aromatic nitrogens is 4. The van der Waals surface area contributed by atoms with Gasteiger partial charge in [-0.05, 0) is 54.5 Å². The molecule has 1 atom stereocenters. The summed E-state index contributed by atoms with van der Waals surface area (Å²) in [5.74, 6) is 1.31. The molecule has 1 aliphatic carbocycles. The lowest BCUT2D eigenvalue weighted by atomic mass is 9.86. The first-order valence-electron chi connectivity index (χ1n) is 8.69. The van der Waals surface area contributed by atoms with Crippen molar-refractivity contribution < 1.29 is 14.8 Å². The van der Waals surface area contributed by atoms with Gasteiger partial charge in [0.05, 0.1) is 17.4 Å². The van der Waals surface area contributed by atoms with E-state index < -0.39 is 7.12 Å². The first-order valence-corrected chi connectivity index (χ1v) is 9.77. The maximum atomic E-state index is 9.47. The monoisotopic (exact) mass is 479 g/mol. The predicted molar refractivity (Wildman–Crippen MR) is 111 cm³/mol. The van der Waals surface area contributed by atoms with Crippen LogP contribution in [0, 0.1) is 3.57 Å². The van der Waals surface area contributed by atoms with Crippen LogP contribution in [0.2, 0.25) is 0 Å². The van der Waals surface area contributed by atoms with Crippen LogP contribution in [0.4, 0.5) is 5.82 Å². The Morgan fingerprint density at radius 2 is 2.07 bits per heavy atom. The fourth-order valence-corrected chi connectivity index (χ4v) is 3.49. The Hall–Kier alpha value is -1.92. The van der Waals surface area contributed by atoms with Crippen LogP contribution >= 0.6 is 22.6 Å². The van der Waals surface area contributed by atoms with E-state index in [4.69, 9.17) is 4.74 Å². The quantitative estimate of drug-likeness (QED) is 0.363. The number of pyridine rings is 1. The molecule has 27 heavy (non-hydrogen) atoms. The van der Waals surface area contributed by atoms with Crippen LogP contribution in [0.5, 0.6) is 5.88 Å². The van der Waals surface area contributed by atoms with E-state index >= 15 is 0 Å². The highest BCUT2D eigenvalue weighted by molar-refractivity contribution is 14.1. The molecule has 0 aromatic carbocycles. The average molecular weight is 479 g/mol. The summed E-state index contributed by atoms with van der Waals surface area (Å²) >= 11 is 2.19. The van der Waals surface area contributed by atoms with Crippen molar-refractivity contribution in [3.63, 3.8) is 0 Å². The van der Waals surface area contributed by atoms with Gasteiger partial charge in [0.25, 0.3) is 0 Å². The summed E-state index contributed by atoms with van der Waals surface area (Å²) in [6.07, 6.45) is 5.21. The highest BCUT2D eigenvalue weighted by Gasteiger charge is 2.24. The summed E-state index contributed by atoms with van der Waals surface area (Å²) in [6.45, 7) is 1.91. The van der Waals surface area contributed by atoms with E-state index in [1.807, 2.05) is 13.0 Å². The lowest BCUT2D eigenvalue weighted by molar-refractivity contribution is 0.211. The minimum Gasteiger partial charge on any atom is -0.467 e. The number of nitrogens with one attached hydrogen (secondary N) is 1. The number of rotatable bonds is 6. The Balaban J connectivity index is 1.58. The number of anilines is 1. The van der Waals surface area contributed by atoms with Gasteiger partial charge in [0, 0.05) is 24.1 Å². The van der Waals surface area contributed by atoms with Gasteiger partial charge in [-0.3, -0.25) is 4.98 Å². The molecule has 0 amide bonds. The standard InChI is InChI=1S/C17H19BIN5O3/c1-9(27-17-15(19)16(21-8-22-17)23-11-3-4-11)12-5-10-6-14(18(25)26)24(2)13(10)7-20-12/h5-9,11,25-26H,3-4H2,1-2H3,(H,21,22,23). The fraction of sp³-hybridized carbons (Fsp3) is 0.353. The summed E-state index contributed by atoms with van der Waals surface area (Å²) in [5, 5.41) is 23.2. The Morgan fingerprint density at radius 3 is 2.78 bits per heavy atom. The van der Waals surface area contributed by atoms with Gasteiger partial charge in [0.15, 0.2) is 0 Å². The zero-order chi connectivity index (χ0) is 19.1. The molecule has 3 N–H and O–H groups in total. The van der Waals surface area contributed by atoms with Gasteiger partial charge in [-0.2, -0.15) is 0 Å². The van der Waals surface area contributed by atoms with E-state index in [1.165, 1.54) is 6.33 Å². The summed E-state index contributed by atoms with van der Waals surface area (Å²) in [7, 11) is 0.246. The molecule has 0 bridgehead atoms. The van der Waals surface area contributed by atoms with Crippen LogP contribution < -0.4 is 15.6 Å². The minimum atomic E-state index is -1.53. The molecular formula is C17H19BIN5O3. The molecule has 0 radical (unpaired) electrons. The molecule has 1 unspecified atom stereocenters. The van der Waals surface area contributed by atoms with Gasteiger partial charge in [-0.15, -0.1) is 0 Å². The highest BCUT2D eigenvalue weighted by atomic mass is 127. The lowest BCUT2D eigenvalue weighted by Gasteiger charge is -2.16. The Bertz CT molecular complexity index is 992. The third kappa shape index (κ3) is 3.73. The lowest BCUT2D eigenvalue weighted by Crippen LogP contribution is -2.34. The summed E-state index contributed by atoms with van der Waals surface area (Å²) < 4.78 is 8.60. The van der Waals surface area contributed by atoms with Gasteiger partial charge < -0.3 is 24.7 Å². The molecule has 3 aromatic heterocycles. The Kier molecular flexibility index (Phi) is 4.95. The second-order valence-electron chi connectivity index (χ2n) is 6.69. The number of fused-ring (bicyclic) bond motifs is 1. The number of hydrogen-bond donors (Lipinski definition) is 3. The third-order valence-electron chi connectivity index (χ3n) is 4.63. The van der Waals surface area contributed by atoms with E-state index in [9.17, 15) is 10.0 Å². The molecule has 3 aromatic rings. The van der Waals surface area contributed by atoms with Gasteiger partial charge >= 0.3 is 7.12 Å². The van der Waals surface area contributed by atoms with E-state index in [0.717, 1.165) is 38.8 Å². The number of aryl methyl sites for hydroxylation is 1. The van der Waals surface area contributed by atoms with Crippen molar-refractivity contribution in [3.8, 4) is 5.88 Å². The molecule has 1 saturated carbocycles. The average Bonchev–Trinajstić information content (AvgIpc) is 3.40. The molecule has 4 rings (SSSR count). The predicted octanol–water partition coefficient (Wildman–Crippen LogP) is 1.36. The molecule has 140 valence electrons. The second-order valence-corrected chi connectivity index (χ2v) is 7.77. The molecule has 1 fully saturated rings. The van der Waals surface area contributed by atoms with E-state index in [-0.39, 0.29) is 6.10 Å². The summed E-state index contributed by atoms with van der Waals surface area (Å²) in [5.41, 5.74) is 1.97. The van der Waals surface area contributed by atoms with Crippen LogP contribution in [0.15, 0.2) is 24.7 Å². The van der Waals surface area contributed by atoms with Crippen LogP contribution in [-0.4, -0.2) is 42.7 Å². The molecule has 3 heterocycles. The second kappa shape index (κ2) is 7.25. The number of nitrogens with zero attached hydrogens (tertiary/aromatic N) is 4. The molecule has 10 heteroatoms. The Morgan fingerprint density at radius 1 is 1.30 bits per heavy atom. The highest BCUT2D eigenvalue weighted by Crippen LogP contribution is 2.31.